The second-order valence-electron chi connectivity index (χ2n) is 4.42. The van der Waals surface area contributed by atoms with Gasteiger partial charge in [-0.05, 0) is 29.8 Å². The predicted molar refractivity (Wildman–Crippen MR) is 81.2 cm³/mol. The summed E-state index contributed by atoms with van der Waals surface area (Å²) in [5.41, 5.74) is 8.97. The third kappa shape index (κ3) is 3.31. The first-order valence-electron chi connectivity index (χ1n) is 6.35. The van der Waals surface area contributed by atoms with Crippen molar-refractivity contribution in [3.8, 4) is 6.07 Å². The number of esters is 1. The minimum Gasteiger partial charge on any atom is -0.465 e. The van der Waals surface area contributed by atoms with Crippen LogP contribution in [-0.4, -0.2) is 13.1 Å². The number of rotatable bonds is 4. The number of carbonyl (C=O) groups is 1. The Labute approximate surface area is 123 Å². The van der Waals surface area contributed by atoms with Crippen molar-refractivity contribution in [2.45, 2.75) is 6.42 Å². The fraction of sp³-hybridized carbons (Fsp3) is 0.125. The monoisotopic (exact) mass is 281 g/mol. The van der Waals surface area contributed by atoms with Gasteiger partial charge in [-0.3, -0.25) is 0 Å². The molecule has 0 amide bonds. The van der Waals surface area contributed by atoms with Crippen molar-refractivity contribution in [3.63, 3.8) is 0 Å². The largest absolute Gasteiger partial charge is 0.465 e. The zero-order valence-corrected chi connectivity index (χ0v) is 11.6. The number of carbonyl (C=O) groups excluding carboxylic acids is 1. The third-order valence-corrected chi connectivity index (χ3v) is 3.01. The number of hydrogen-bond donors (Lipinski definition) is 2. The van der Waals surface area contributed by atoms with Crippen LogP contribution in [0, 0.1) is 11.3 Å². The zero-order valence-electron chi connectivity index (χ0n) is 11.6. The molecule has 0 radical (unpaired) electrons. The Bertz CT molecular complexity index is 688. The number of nitrogen functional groups attached to an aromatic ring is 1. The van der Waals surface area contributed by atoms with E-state index in [0.29, 0.717) is 23.4 Å². The maximum absolute atomic E-state index is 11.8. The highest BCUT2D eigenvalue weighted by Gasteiger charge is 2.14. The van der Waals surface area contributed by atoms with Gasteiger partial charge >= 0.3 is 5.97 Å². The Kier molecular flexibility index (Phi) is 4.42. The number of nitrogens with two attached hydrogens (primary N) is 1. The lowest BCUT2D eigenvalue weighted by Crippen LogP contribution is -2.07. The molecule has 0 saturated carbocycles. The van der Waals surface area contributed by atoms with Gasteiger partial charge in [-0.2, -0.15) is 5.26 Å². The third-order valence-electron chi connectivity index (χ3n) is 3.01. The van der Waals surface area contributed by atoms with Crippen LogP contribution < -0.4 is 11.1 Å². The first-order valence-corrected chi connectivity index (χ1v) is 6.35. The van der Waals surface area contributed by atoms with Crippen LogP contribution in [0.2, 0.25) is 0 Å². The molecular formula is C16H15N3O2. The van der Waals surface area contributed by atoms with Crippen molar-refractivity contribution in [2.75, 3.05) is 18.2 Å². The fourth-order valence-corrected chi connectivity index (χ4v) is 1.93. The molecule has 2 aromatic carbocycles. The molecule has 5 nitrogen and oxygen atoms in total. The van der Waals surface area contributed by atoms with Gasteiger partial charge in [0, 0.05) is 5.69 Å². The van der Waals surface area contributed by atoms with Gasteiger partial charge in [-0.15, -0.1) is 0 Å². The topological polar surface area (TPSA) is 88.1 Å². The maximum atomic E-state index is 11.8. The second kappa shape index (κ2) is 6.44. The average molecular weight is 281 g/mol. The summed E-state index contributed by atoms with van der Waals surface area (Å²) in [6, 6.07) is 14.5. The summed E-state index contributed by atoms with van der Waals surface area (Å²) in [5, 5.41) is 11.8. The van der Waals surface area contributed by atoms with E-state index in [-0.39, 0.29) is 0 Å². The van der Waals surface area contributed by atoms with Crippen molar-refractivity contribution in [3.05, 3.63) is 53.6 Å². The number of para-hydroxylation sites is 1. The quantitative estimate of drug-likeness (QED) is 0.664. The Morgan fingerprint density at radius 3 is 2.62 bits per heavy atom. The maximum Gasteiger partial charge on any atom is 0.340 e. The van der Waals surface area contributed by atoms with Gasteiger partial charge in [0.25, 0.3) is 0 Å². The van der Waals surface area contributed by atoms with Crippen molar-refractivity contribution in [2.24, 2.45) is 0 Å². The molecule has 3 N–H and O–H groups in total. The van der Waals surface area contributed by atoms with Crippen LogP contribution in [0.1, 0.15) is 15.9 Å². The van der Waals surface area contributed by atoms with Gasteiger partial charge in [-0.1, -0.05) is 18.2 Å². The number of nitrogens with zero attached hydrogens (tertiary/aromatic N) is 1. The molecule has 0 saturated heterocycles. The van der Waals surface area contributed by atoms with Gasteiger partial charge in [0.1, 0.15) is 0 Å². The first-order chi connectivity index (χ1) is 10.2. The minimum atomic E-state index is -0.453. The van der Waals surface area contributed by atoms with Gasteiger partial charge in [-0.25, -0.2) is 4.79 Å². The van der Waals surface area contributed by atoms with Crippen LogP contribution in [0.5, 0.6) is 0 Å². The summed E-state index contributed by atoms with van der Waals surface area (Å²) >= 11 is 0. The highest BCUT2D eigenvalue weighted by molar-refractivity contribution is 5.99. The molecule has 0 atom stereocenters. The lowest BCUT2D eigenvalue weighted by molar-refractivity contribution is 0.0602. The smallest absolute Gasteiger partial charge is 0.340 e. The predicted octanol–water partition coefficient (Wildman–Crippen LogP) is 2.87. The van der Waals surface area contributed by atoms with Crippen LogP contribution in [0.25, 0.3) is 0 Å². The van der Waals surface area contributed by atoms with E-state index in [9.17, 15) is 4.79 Å². The van der Waals surface area contributed by atoms with E-state index >= 15 is 0 Å². The zero-order chi connectivity index (χ0) is 15.2. The van der Waals surface area contributed by atoms with E-state index in [1.54, 1.807) is 18.2 Å². The molecule has 0 aliphatic rings. The normalized spacial score (nSPS) is 9.71. The van der Waals surface area contributed by atoms with E-state index in [1.165, 1.54) is 7.11 Å². The Balaban J connectivity index is 2.31. The molecule has 0 unspecified atom stereocenters. The summed E-state index contributed by atoms with van der Waals surface area (Å²) in [6.45, 7) is 0. The van der Waals surface area contributed by atoms with Crippen molar-refractivity contribution in [1.82, 2.24) is 0 Å². The average Bonchev–Trinajstić information content (AvgIpc) is 2.50. The summed E-state index contributed by atoms with van der Waals surface area (Å²) in [5.74, 6) is -0.453. The molecule has 5 heteroatoms. The second-order valence-corrected chi connectivity index (χ2v) is 4.42. The van der Waals surface area contributed by atoms with Crippen LogP contribution in [0.3, 0.4) is 0 Å². The highest BCUT2D eigenvalue weighted by atomic mass is 16.5. The summed E-state index contributed by atoms with van der Waals surface area (Å²) in [4.78, 5) is 11.8. The molecule has 106 valence electrons. The number of benzene rings is 2. The molecule has 2 aromatic rings. The minimum absolute atomic E-state index is 0.362. The molecular weight excluding hydrogens is 266 g/mol. The number of anilines is 3. The number of nitriles is 1. The van der Waals surface area contributed by atoms with Crippen LogP contribution >= 0.6 is 0 Å². The Morgan fingerprint density at radius 2 is 2.00 bits per heavy atom. The van der Waals surface area contributed by atoms with Crippen molar-refractivity contribution < 1.29 is 9.53 Å². The number of hydrogen-bond acceptors (Lipinski definition) is 5. The lowest BCUT2D eigenvalue weighted by Gasteiger charge is -2.13. The SMILES string of the molecule is COC(=O)c1cccc(N)c1Nc1ccc(CC#N)cc1. The van der Waals surface area contributed by atoms with Gasteiger partial charge in [0.05, 0.1) is 36.5 Å². The van der Waals surface area contributed by atoms with Gasteiger partial charge in [0.15, 0.2) is 0 Å². The van der Waals surface area contributed by atoms with Crippen LogP contribution in [-0.2, 0) is 11.2 Å². The highest BCUT2D eigenvalue weighted by Crippen LogP contribution is 2.28. The van der Waals surface area contributed by atoms with E-state index in [0.717, 1.165) is 11.3 Å². The van der Waals surface area contributed by atoms with Crippen LogP contribution in [0.15, 0.2) is 42.5 Å². The molecule has 0 aliphatic carbocycles. The van der Waals surface area contributed by atoms with Crippen molar-refractivity contribution >= 4 is 23.0 Å². The van der Waals surface area contributed by atoms with Gasteiger partial charge < -0.3 is 15.8 Å². The van der Waals surface area contributed by atoms with E-state index in [1.807, 2.05) is 24.3 Å². The van der Waals surface area contributed by atoms with E-state index < -0.39 is 5.97 Å². The van der Waals surface area contributed by atoms with Gasteiger partial charge in [0.2, 0.25) is 0 Å². The molecule has 0 spiro atoms. The summed E-state index contributed by atoms with van der Waals surface area (Å²) in [6.07, 6.45) is 0.362. The fourth-order valence-electron chi connectivity index (χ4n) is 1.93. The number of ether oxygens (including phenoxy) is 1. The molecule has 21 heavy (non-hydrogen) atoms. The van der Waals surface area contributed by atoms with E-state index in [2.05, 4.69) is 11.4 Å². The van der Waals surface area contributed by atoms with E-state index in [4.69, 9.17) is 15.7 Å². The molecule has 0 fully saturated rings. The summed E-state index contributed by atoms with van der Waals surface area (Å²) in [7, 11) is 1.33. The standard InChI is InChI=1S/C16H15N3O2/c1-21-16(20)13-3-2-4-14(18)15(13)19-12-7-5-11(6-8-12)9-10-17/h2-8,19H,9,18H2,1H3. The molecule has 0 aliphatic heterocycles. The van der Waals surface area contributed by atoms with Crippen LogP contribution in [0.4, 0.5) is 17.1 Å². The lowest BCUT2D eigenvalue weighted by atomic mass is 10.1. The molecule has 2 rings (SSSR count). The molecule has 0 heterocycles. The Hall–Kier alpha value is -3.00. The van der Waals surface area contributed by atoms with Crippen molar-refractivity contribution in [1.29, 1.82) is 5.26 Å². The number of nitrogens with one attached hydrogen (secondary N) is 1. The first kappa shape index (κ1) is 14.4. The molecule has 0 aromatic heterocycles. The Morgan fingerprint density at radius 1 is 1.29 bits per heavy atom. The summed E-state index contributed by atoms with van der Waals surface area (Å²) < 4.78 is 4.75. The molecule has 0 bridgehead atoms. The number of methoxy groups -OCH3 is 1.